The normalized spacial score (nSPS) is 12.7. The molecule has 0 aliphatic heterocycles. The van der Waals surface area contributed by atoms with Crippen LogP contribution in [-0.2, 0) is 6.42 Å². The molecular weight excluding hydrogens is 186 g/mol. The van der Waals surface area contributed by atoms with Gasteiger partial charge in [-0.25, -0.2) is 0 Å². The third kappa shape index (κ3) is 3.65. The minimum Gasteiger partial charge on any atom is -0.396 e. The number of benzene rings is 1. The lowest BCUT2D eigenvalue weighted by atomic mass is 9.98. The number of aliphatic hydroxyl groups excluding tert-OH is 1. The summed E-state index contributed by atoms with van der Waals surface area (Å²) in [4.78, 5) is 0. The van der Waals surface area contributed by atoms with E-state index in [0.717, 1.165) is 13.0 Å². The fourth-order valence-electron chi connectivity index (χ4n) is 1.78. The smallest absolute Gasteiger partial charge is 0.0511 e. The van der Waals surface area contributed by atoms with Crippen molar-refractivity contribution in [3.05, 3.63) is 35.4 Å². The molecule has 2 nitrogen and oxygen atoms in total. The molecule has 1 atom stereocenters. The zero-order valence-electron chi connectivity index (χ0n) is 9.66. The summed E-state index contributed by atoms with van der Waals surface area (Å²) < 4.78 is 0. The molecule has 1 unspecified atom stereocenters. The third-order valence-electron chi connectivity index (χ3n) is 2.66. The fourth-order valence-corrected chi connectivity index (χ4v) is 1.78. The van der Waals surface area contributed by atoms with Crippen LogP contribution in [0.2, 0.25) is 0 Å². The van der Waals surface area contributed by atoms with Crippen molar-refractivity contribution in [3.63, 3.8) is 0 Å². The van der Waals surface area contributed by atoms with Crippen LogP contribution in [-0.4, -0.2) is 25.3 Å². The number of hydrogen-bond acceptors (Lipinski definition) is 2. The Morgan fingerprint density at radius 2 is 1.93 bits per heavy atom. The molecule has 15 heavy (non-hydrogen) atoms. The second kappa shape index (κ2) is 6.59. The number of aryl methyl sites for hydroxylation is 1. The monoisotopic (exact) mass is 207 g/mol. The molecule has 0 aliphatic rings. The van der Waals surface area contributed by atoms with Crippen LogP contribution in [0.15, 0.2) is 24.3 Å². The van der Waals surface area contributed by atoms with Gasteiger partial charge in [0.1, 0.15) is 0 Å². The first-order valence-electron chi connectivity index (χ1n) is 5.66. The summed E-state index contributed by atoms with van der Waals surface area (Å²) in [5, 5.41) is 12.3. The van der Waals surface area contributed by atoms with E-state index >= 15 is 0 Å². The molecule has 0 heterocycles. The van der Waals surface area contributed by atoms with Gasteiger partial charge in [0, 0.05) is 12.5 Å². The highest BCUT2D eigenvalue weighted by atomic mass is 16.3. The van der Waals surface area contributed by atoms with Gasteiger partial charge in [-0.1, -0.05) is 37.6 Å². The Labute approximate surface area is 92.3 Å². The summed E-state index contributed by atoms with van der Waals surface area (Å²) in [6.07, 6.45) is 2.31. The quantitative estimate of drug-likeness (QED) is 0.747. The minimum atomic E-state index is 0.202. The van der Waals surface area contributed by atoms with Gasteiger partial charge in [0.05, 0.1) is 6.61 Å². The van der Waals surface area contributed by atoms with E-state index in [1.54, 1.807) is 0 Å². The van der Waals surface area contributed by atoms with Crippen molar-refractivity contribution in [1.82, 2.24) is 5.32 Å². The van der Waals surface area contributed by atoms with Gasteiger partial charge in [-0.15, -0.1) is 0 Å². The van der Waals surface area contributed by atoms with Gasteiger partial charge in [0.25, 0.3) is 0 Å². The molecule has 0 saturated heterocycles. The highest BCUT2D eigenvalue weighted by Gasteiger charge is 2.08. The first-order chi connectivity index (χ1) is 7.31. The average molecular weight is 207 g/mol. The van der Waals surface area contributed by atoms with Gasteiger partial charge in [0.15, 0.2) is 0 Å². The topological polar surface area (TPSA) is 32.3 Å². The molecule has 0 amide bonds. The average Bonchev–Trinajstić information content (AvgIpc) is 2.28. The van der Waals surface area contributed by atoms with Crippen LogP contribution >= 0.6 is 0 Å². The van der Waals surface area contributed by atoms with Crippen LogP contribution in [0.4, 0.5) is 0 Å². The molecule has 0 aromatic heterocycles. The maximum Gasteiger partial charge on any atom is 0.0511 e. The van der Waals surface area contributed by atoms with Crippen LogP contribution in [0.5, 0.6) is 0 Å². The summed E-state index contributed by atoms with van der Waals surface area (Å²) in [5.74, 6) is 0.214. The van der Waals surface area contributed by atoms with Crippen LogP contribution in [0.1, 0.15) is 30.4 Å². The second-order valence-electron chi connectivity index (χ2n) is 3.93. The van der Waals surface area contributed by atoms with E-state index in [4.69, 9.17) is 0 Å². The van der Waals surface area contributed by atoms with Crippen molar-refractivity contribution in [2.24, 2.45) is 0 Å². The zero-order valence-corrected chi connectivity index (χ0v) is 9.66. The van der Waals surface area contributed by atoms with Crippen LogP contribution in [0.25, 0.3) is 0 Å². The van der Waals surface area contributed by atoms with E-state index in [1.807, 2.05) is 7.05 Å². The predicted octanol–water partition coefficient (Wildman–Crippen LogP) is 1.93. The first-order valence-corrected chi connectivity index (χ1v) is 5.66. The molecule has 0 aliphatic carbocycles. The Kier molecular flexibility index (Phi) is 5.37. The molecule has 0 bridgehead atoms. The Morgan fingerprint density at radius 1 is 1.27 bits per heavy atom. The lowest BCUT2D eigenvalue weighted by molar-refractivity contribution is 0.263. The Balaban J connectivity index is 2.68. The van der Waals surface area contributed by atoms with Crippen LogP contribution in [0, 0.1) is 0 Å². The van der Waals surface area contributed by atoms with E-state index in [-0.39, 0.29) is 12.5 Å². The highest BCUT2D eigenvalue weighted by molar-refractivity contribution is 5.25. The second-order valence-corrected chi connectivity index (χ2v) is 3.93. The van der Waals surface area contributed by atoms with Gasteiger partial charge in [0.2, 0.25) is 0 Å². The predicted molar refractivity (Wildman–Crippen MR) is 64.2 cm³/mol. The Morgan fingerprint density at radius 3 is 2.40 bits per heavy atom. The molecule has 2 N–H and O–H groups in total. The Hall–Kier alpha value is -0.860. The lowest BCUT2D eigenvalue weighted by Gasteiger charge is -2.14. The third-order valence-corrected chi connectivity index (χ3v) is 2.66. The number of likely N-dealkylation sites (N-methyl/N-ethyl adjacent to an activating group) is 1. The fraction of sp³-hybridized carbons (Fsp3) is 0.538. The zero-order chi connectivity index (χ0) is 11.1. The summed E-state index contributed by atoms with van der Waals surface area (Å²) in [6, 6.07) is 8.58. The van der Waals surface area contributed by atoms with Gasteiger partial charge < -0.3 is 10.4 Å². The molecular formula is C13H21NO. The van der Waals surface area contributed by atoms with E-state index in [2.05, 4.69) is 36.5 Å². The SMILES string of the molecule is CCCc1ccc(C(CO)CNC)cc1. The number of rotatable bonds is 6. The summed E-state index contributed by atoms with van der Waals surface area (Å²) in [6.45, 7) is 3.21. The maximum atomic E-state index is 9.24. The molecule has 0 saturated carbocycles. The largest absolute Gasteiger partial charge is 0.396 e. The van der Waals surface area contributed by atoms with Crippen LogP contribution in [0.3, 0.4) is 0 Å². The van der Waals surface area contributed by atoms with Crippen LogP contribution < -0.4 is 5.32 Å². The van der Waals surface area contributed by atoms with Gasteiger partial charge in [-0.2, -0.15) is 0 Å². The van der Waals surface area contributed by atoms with E-state index in [9.17, 15) is 5.11 Å². The lowest BCUT2D eigenvalue weighted by Crippen LogP contribution is -2.19. The van der Waals surface area contributed by atoms with Gasteiger partial charge in [-0.3, -0.25) is 0 Å². The maximum absolute atomic E-state index is 9.24. The Bertz CT molecular complexity index is 268. The molecule has 0 fully saturated rings. The van der Waals surface area contributed by atoms with Crippen molar-refractivity contribution in [2.45, 2.75) is 25.7 Å². The molecule has 0 spiro atoms. The van der Waals surface area contributed by atoms with Gasteiger partial charge in [-0.05, 0) is 24.6 Å². The summed E-state index contributed by atoms with van der Waals surface area (Å²) in [7, 11) is 1.91. The van der Waals surface area contributed by atoms with Crippen molar-refractivity contribution in [1.29, 1.82) is 0 Å². The van der Waals surface area contributed by atoms with Gasteiger partial charge >= 0.3 is 0 Å². The summed E-state index contributed by atoms with van der Waals surface area (Å²) >= 11 is 0. The molecule has 2 heteroatoms. The minimum absolute atomic E-state index is 0.202. The van der Waals surface area contributed by atoms with Crippen molar-refractivity contribution in [3.8, 4) is 0 Å². The summed E-state index contributed by atoms with van der Waals surface area (Å²) in [5.41, 5.74) is 2.59. The number of nitrogens with one attached hydrogen (secondary N) is 1. The molecule has 1 aromatic rings. The van der Waals surface area contributed by atoms with Crippen molar-refractivity contribution in [2.75, 3.05) is 20.2 Å². The van der Waals surface area contributed by atoms with E-state index < -0.39 is 0 Å². The molecule has 84 valence electrons. The standard InChI is InChI=1S/C13H21NO/c1-3-4-11-5-7-12(8-6-11)13(10-15)9-14-2/h5-8,13-15H,3-4,9-10H2,1-2H3. The molecule has 1 aromatic carbocycles. The van der Waals surface area contributed by atoms with E-state index in [1.165, 1.54) is 17.5 Å². The number of aliphatic hydroxyl groups is 1. The highest BCUT2D eigenvalue weighted by Crippen LogP contribution is 2.15. The van der Waals surface area contributed by atoms with Crippen molar-refractivity contribution >= 4 is 0 Å². The molecule has 0 radical (unpaired) electrons. The molecule has 1 rings (SSSR count). The first kappa shape index (κ1) is 12.2. The van der Waals surface area contributed by atoms with Crippen molar-refractivity contribution < 1.29 is 5.11 Å². The number of hydrogen-bond donors (Lipinski definition) is 2. The van der Waals surface area contributed by atoms with E-state index in [0.29, 0.717) is 0 Å².